The smallest absolute Gasteiger partial charge is 0.123 e. The molecule has 0 aliphatic rings. The molecule has 1 aromatic heterocycles. The molecule has 2 rings (SSSR count). The molecule has 2 nitrogen and oxygen atoms in total. The predicted molar refractivity (Wildman–Crippen MR) is 78.7 cm³/mol. The first-order valence-corrected chi connectivity index (χ1v) is 7.21. The number of hydrogen-bond acceptors (Lipinski definition) is 3. The quantitative estimate of drug-likeness (QED) is 0.852. The van der Waals surface area contributed by atoms with Gasteiger partial charge in [0.05, 0.1) is 0 Å². The summed E-state index contributed by atoms with van der Waals surface area (Å²) >= 11 is 1.72. The summed E-state index contributed by atoms with van der Waals surface area (Å²) in [4.78, 5) is 1.28. The van der Waals surface area contributed by atoms with E-state index in [0.29, 0.717) is 13.0 Å². The van der Waals surface area contributed by atoms with E-state index in [2.05, 4.69) is 23.7 Å². The fourth-order valence-electron chi connectivity index (χ4n) is 2.02. The molecule has 0 saturated carbocycles. The molecule has 3 N–H and O–H groups in total. The van der Waals surface area contributed by atoms with Gasteiger partial charge < -0.3 is 11.1 Å². The van der Waals surface area contributed by atoms with E-state index in [1.165, 1.54) is 10.9 Å². The molecule has 0 amide bonds. The second-order valence-electron chi connectivity index (χ2n) is 5.00. The highest BCUT2D eigenvalue weighted by atomic mass is 32.1. The minimum absolute atomic E-state index is 0.199. The van der Waals surface area contributed by atoms with Crippen LogP contribution in [0.5, 0.6) is 0 Å². The molecule has 0 saturated heterocycles. The number of nitrogens with one attached hydrogen (secondary N) is 1. The van der Waals surface area contributed by atoms with Gasteiger partial charge in [-0.3, -0.25) is 0 Å². The van der Waals surface area contributed by atoms with E-state index < -0.39 is 0 Å². The van der Waals surface area contributed by atoms with Crippen molar-refractivity contribution in [2.45, 2.75) is 25.4 Å². The van der Waals surface area contributed by atoms with E-state index in [-0.39, 0.29) is 11.4 Å². The van der Waals surface area contributed by atoms with Crippen molar-refractivity contribution in [3.8, 4) is 0 Å². The fourth-order valence-corrected chi connectivity index (χ4v) is 2.66. The molecule has 0 bridgehead atoms. The molecule has 4 heteroatoms. The van der Waals surface area contributed by atoms with Gasteiger partial charge in [0.15, 0.2) is 0 Å². The van der Waals surface area contributed by atoms with E-state index >= 15 is 0 Å². The van der Waals surface area contributed by atoms with Crippen LogP contribution in [0.15, 0.2) is 41.8 Å². The van der Waals surface area contributed by atoms with Crippen LogP contribution in [-0.4, -0.2) is 12.1 Å². The Hall–Kier alpha value is -1.23. The van der Waals surface area contributed by atoms with Crippen molar-refractivity contribution in [1.29, 1.82) is 0 Å². The molecule has 0 fully saturated rings. The molecule has 0 spiro atoms. The number of thiophene rings is 1. The van der Waals surface area contributed by atoms with Gasteiger partial charge in [0.2, 0.25) is 0 Å². The highest BCUT2D eigenvalue weighted by molar-refractivity contribution is 7.09. The van der Waals surface area contributed by atoms with E-state index in [0.717, 1.165) is 12.1 Å². The van der Waals surface area contributed by atoms with E-state index in [9.17, 15) is 4.39 Å². The van der Waals surface area contributed by atoms with E-state index in [1.807, 2.05) is 12.1 Å². The Morgan fingerprint density at radius 3 is 2.79 bits per heavy atom. The van der Waals surface area contributed by atoms with Crippen molar-refractivity contribution in [3.05, 3.63) is 58.0 Å². The van der Waals surface area contributed by atoms with Crippen LogP contribution in [0.25, 0.3) is 0 Å². The minimum Gasteiger partial charge on any atom is -0.329 e. The third-order valence-corrected chi connectivity index (χ3v) is 4.08. The first-order valence-electron chi connectivity index (χ1n) is 6.33. The van der Waals surface area contributed by atoms with Gasteiger partial charge in [-0.25, -0.2) is 4.39 Å². The van der Waals surface area contributed by atoms with Gasteiger partial charge in [-0.2, -0.15) is 0 Å². The van der Waals surface area contributed by atoms with Crippen molar-refractivity contribution < 1.29 is 4.39 Å². The number of nitrogens with two attached hydrogens (primary N) is 1. The average molecular weight is 278 g/mol. The standard InChI is InChI=1S/C15H19FN2S/c1-15(11-17,18-10-14-6-3-7-19-14)9-12-4-2-5-13(16)8-12/h2-8,18H,9-11,17H2,1H3. The van der Waals surface area contributed by atoms with Crippen LogP contribution in [0.1, 0.15) is 17.4 Å². The zero-order chi connectivity index (χ0) is 13.7. The average Bonchev–Trinajstić information content (AvgIpc) is 2.90. The molecule has 19 heavy (non-hydrogen) atoms. The van der Waals surface area contributed by atoms with Crippen LogP contribution in [0.4, 0.5) is 4.39 Å². The van der Waals surface area contributed by atoms with E-state index in [1.54, 1.807) is 23.5 Å². The van der Waals surface area contributed by atoms with Gasteiger partial charge in [-0.15, -0.1) is 11.3 Å². The maximum atomic E-state index is 13.2. The SMILES string of the molecule is CC(CN)(Cc1cccc(F)c1)NCc1cccs1. The van der Waals surface area contributed by atoms with Gasteiger partial charge in [-0.05, 0) is 42.5 Å². The summed E-state index contributed by atoms with van der Waals surface area (Å²) in [5.74, 6) is -0.199. The summed E-state index contributed by atoms with van der Waals surface area (Å²) in [7, 11) is 0. The summed E-state index contributed by atoms with van der Waals surface area (Å²) in [6.07, 6.45) is 0.715. The Bertz CT molecular complexity index is 513. The van der Waals surface area contributed by atoms with E-state index in [4.69, 9.17) is 5.73 Å². The summed E-state index contributed by atoms with van der Waals surface area (Å²) in [6, 6.07) is 10.8. The zero-order valence-corrected chi connectivity index (χ0v) is 11.8. The normalized spacial score (nSPS) is 14.3. The topological polar surface area (TPSA) is 38.0 Å². The summed E-state index contributed by atoms with van der Waals surface area (Å²) in [5.41, 5.74) is 6.62. The van der Waals surface area contributed by atoms with Crippen LogP contribution in [0.2, 0.25) is 0 Å². The Morgan fingerprint density at radius 1 is 1.32 bits per heavy atom. The largest absolute Gasteiger partial charge is 0.329 e. The molecule has 0 radical (unpaired) electrons. The van der Waals surface area contributed by atoms with Crippen molar-refractivity contribution >= 4 is 11.3 Å². The Labute approximate surface area is 117 Å². The van der Waals surface area contributed by atoms with Gasteiger partial charge in [0, 0.05) is 23.5 Å². The fraction of sp³-hybridized carbons (Fsp3) is 0.333. The van der Waals surface area contributed by atoms with Crippen LogP contribution in [0.3, 0.4) is 0 Å². The Balaban J connectivity index is 2.01. The van der Waals surface area contributed by atoms with Gasteiger partial charge >= 0.3 is 0 Å². The summed E-state index contributed by atoms with van der Waals surface area (Å²) in [6.45, 7) is 3.38. The second-order valence-corrected chi connectivity index (χ2v) is 6.04. The highest BCUT2D eigenvalue weighted by Gasteiger charge is 2.22. The van der Waals surface area contributed by atoms with Crippen molar-refractivity contribution in [2.24, 2.45) is 5.73 Å². The lowest BCUT2D eigenvalue weighted by Gasteiger charge is -2.29. The molecule has 1 atom stereocenters. The van der Waals surface area contributed by atoms with Crippen LogP contribution < -0.4 is 11.1 Å². The summed E-state index contributed by atoms with van der Waals surface area (Å²) < 4.78 is 13.2. The summed E-state index contributed by atoms with van der Waals surface area (Å²) in [5, 5.41) is 5.54. The van der Waals surface area contributed by atoms with Crippen molar-refractivity contribution in [3.63, 3.8) is 0 Å². The van der Waals surface area contributed by atoms with Crippen LogP contribution >= 0.6 is 11.3 Å². The molecule has 1 aromatic carbocycles. The number of halogens is 1. The van der Waals surface area contributed by atoms with Crippen molar-refractivity contribution in [1.82, 2.24) is 5.32 Å². The van der Waals surface area contributed by atoms with Gasteiger partial charge in [0.25, 0.3) is 0 Å². The molecular formula is C15H19FN2S. The third-order valence-electron chi connectivity index (χ3n) is 3.20. The first-order chi connectivity index (χ1) is 9.11. The Kier molecular flexibility index (Phi) is 4.69. The van der Waals surface area contributed by atoms with Crippen molar-refractivity contribution in [2.75, 3.05) is 6.54 Å². The third kappa shape index (κ3) is 4.13. The first kappa shape index (κ1) is 14.2. The molecule has 1 heterocycles. The number of rotatable bonds is 6. The molecule has 2 aromatic rings. The Morgan fingerprint density at radius 2 is 2.16 bits per heavy atom. The lowest BCUT2D eigenvalue weighted by molar-refractivity contribution is 0.360. The monoisotopic (exact) mass is 278 g/mol. The predicted octanol–water partition coefficient (Wildman–Crippen LogP) is 2.94. The minimum atomic E-state index is -0.224. The number of hydrogen-bond donors (Lipinski definition) is 2. The van der Waals surface area contributed by atoms with Crippen LogP contribution in [-0.2, 0) is 13.0 Å². The van der Waals surface area contributed by atoms with Gasteiger partial charge in [-0.1, -0.05) is 18.2 Å². The highest BCUT2D eigenvalue weighted by Crippen LogP contribution is 2.16. The lowest BCUT2D eigenvalue weighted by Crippen LogP contribution is -2.49. The second kappa shape index (κ2) is 6.28. The maximum absolute atomic E-state index is 13.2. The molecule has 102 valence electrons. The molecule has 1 unspecified atom stereocenters. The van der Waals surface area contributed by atoms with Crippen LogP contribution in [0, 0.1) is 5.82 Å². The maximum Gasteiger partial charge on any atom is 0.123 e. The van der Waals surface area contributed by atoms with Gasteiger partial charge in [0.1, 0.15) is 5.82 Å². The molecular weight excluding hydrogens is 259 g/mol. The lowest BCUT2D eigenvalue weighted by atomic mass is 9.92. The number of benzene rings is 1. The molecule has 0 aliphatic carbocycles. The molecule has 0 aliphatic heterocycles. The zero-order valence-electron chi connectivity index (χ0n) is 11.0.